The van der Waals surface area contributed by atoms with Crippen LogP contribution in [0.3, 0.4) is 0 Å². The lowest BCUT2D eigenvalue weighted by molar-refractivity contribution is 0.0310. The number of carbonyl (C=O) groups excluding carboxylic acids is 1. The number of likely N-dealkylation sites (tertiary alicyclic amines) is 1. The molecule has 2 amide bonds. The minimum absolute atomic E-state index is 0.0427. The van der Waals surface area contributed by atoms with Gasteiger partial charge in [0, 0.05) is 31.2 Å². The SMILES string of the molecule is CC(C)(C)C1CC(CN2Cc3ccc(O)cc3C2=O)CCN1C(=O)O. The van der Waals surface area contributed by atoms with Gasteiger partial charge < -0.3 is 20.0 Å². The lowest BCUT2D eigenvalue weighted by atomic mass is 9.77. The Bertz CT molecular complexity index is 695. The van der Waals surface area contributed by atoms with E-state index in [0.29, 0.717) is 25.2 Å². The van der Waals surface area contributed by atoms with Crippen LogP contribution in [0, 0.1) is 11.3 Å². The Kier molecular flexibility index (Phi) is 4.39. The fourth-order valence-corrected chi connectivity index (χ4v) is 4.06. The molecule has 3 rings (SSSR count). The molecule has 2 aliphatic heterocycles. The van der Waals surface area contributed by atoms with E-state index in [1.165, 1.54) is 6.07 Å². The van der Waals surface area contributed by atoms with Crippen LogP contribution in [0.5, 0.6) is 5.75 Å². The van der Waals surface area contributed by atoms with Gasteiger partial charge in [-0.05, 0) is 41.9 Å². The maximum absolute atomic E-state index is 12.6. The van der Waals surface area contributed by atoms with Crippen molar-refractivity contribution in [1.29, 1.82) is 0 Å². The predicted molar refractivity (Wildman–Crippen MR) is 93.5 cm³/mol. The zero-order chi connectivity index (χ0) is 18.4. The van der Waals surface area contributed by atoms with Gasteiger partial charge in [0.15, 0.2) is 0 Å². The third-order valence-electron chi connectivity index (χ3n) is 5.41. The van der Waals surface area contributed by atoms with Gasteiger partial charge in [-0.15, -0.1) is 0 Å². The van der Waals surface area contributed by atoms with Crippen LogP contribution in [0.25, 0.3) is 0 Å². The Morgan fingerprint density at radius 3 is 2.68 bits per heavy atom. The zero-order valence-electron chi connectivity index (χ0n) is 15.0. The topological polar surface area (TPSA) is 81.1 Å². The second-order valence-electron chi connectivity index (χ2n) is 8.28. The molecule has 1 saturated heterocycles. The summed E-state index contributed by atoms with van der Waals surface area (Å²) in [4.78, 5) is 27.5. The molecule has 25 heavy (non-hydrogen) atoms. The van der Waals surface area contributed by atoms with Crippen molar-refractivity contribution < 1.29 is 19.8 Å². The molecule has 1 fully saturated rings. The van der Waals surface area contributed by atoms with Gasteiger partial charge in [0.25, 0.3) is 5.91 Å². The van der Waals surface area contributed by atoms with Crippen LogP contribution in [0.15, 0.2) is 18.2 Å². The number of hydrogen-bond donors (Lipinski definition) is 2. The van der Waals surface area contributed by atoms with E-state index in [0.717, 1.165) is 18.4 Å². The van der Waals surface area contributed by atoms with E-state index in [9.17, 15) is 19.8 Å². The summed E-state index contributed by atoms with van der Waals surface area (Å²) in [6.45, 7) is 7.90. The Balaban J connectivity index is 1.70. The molecule has 0 spiro atoms. The van der Waals surface area contributed by atoms with Crippen LogP contribution in [-0.4, -0.2) is 51.1 Å². The van der Waals surface area contributed by atoms with Crippen molar-refractivity contribution in [3.63, 3.8) is 0 Å². The van der Waals surface area contributed by atoms with Gasteiger partial charge in [-0.2, -0.15) is 0 Å². The van der Waals surface area contributed by atoms with E-state index in [4.69, 9.17) is 0 Å². The van der Waals surface area contributed by atoms with Crippen molar-refractivity contribution in [3.05, 3.63) is 29.3 Å². The molecule has 0 saturated carbocycles. The predicted octanol–water partition coefficient (Wildman–Crippen LogP) is 3.15. The van der Waals surface area contributed by atoms with Gasteiger partial charge in [0.1, 0.15) is 5.75 Å². The fraction of sp³-hybridized carbons (Fsp3) is 0.579. The first-order chi connectivity index (χ1) is 11.7. The lowest BCUT2D eigenvalue weighted by Gasteiger charge is -2.45. The molecule has 0 aliphatic carbocycles. The second kappa shape index (κ2) is 6.24. The van der Waals surface area contributed by atoms with E-state index in [2.05, 4.69) is 20.8 Å². The van der Waals surface area contributed by atoms with Crippen LogP contribution in [0.2, 0.25) is 0 Å². The summed E-state index contributed by atoms with van der Waals surface area (Å²) >= 11 is 0. The molecule has 2 atom stereocenters. The highest BCUT2D eigenvalue weighted by Gasteiger charge is 2.40. The highest BCUT2D eigenvalue weighted by molar-refractivity contribution is 5.98. The monoisotopic (exact) mass is 346 g/mol. The Labute approximate surface area is 148 Å². The summed E-state index contributed by atoms with van der Waals surface area (Å²) in [6.07, 6.45) is 0.671. The molecule has 6 nitrogen and oxygen atoms in total. The first-order valence-corrected chi connectivity index (χ1v) is 8.77. The number of piperidine rings is 1. The van der Waals surface area contributed by atoms with Crippen LogP contribution in [0.1, 0.15) is 49.5 Å². The number of phenols is 1. The third kappa shape index (κ3) is 3.43. The summed E-state index contributed by atoms with van der Waals surface area (Å²) in [5.41, 5.74) is 1.38. The van der Waals surface area contributed by atoms with Gasteiger partial charge in [0.2, 0.25) is 0 Å². The molecular weight excluding hydrogens is 320 g/mol. The molecule has 1 aromatic carbocycles. The van der Waals surface area contributed by atoms with E-state index < -0.39 is 6.09 Å². The van der Waals surface area contributed by atoms with E-state index in [-0.39, 0.29) is 29.0 Å². The molecule has 0 radical (unpaired) electrons. The third-order valence-corrected chi connectivity index (χ3v) is 5.41. The number of carboxylic acid groups (broad SMARTS) is 1. The minimum Gasteiger partial charge on any atom is -0.508 e. The number of benzene rings is 1. The normalized spacial score (nSPS) is 23.7. The largest absolute Gasteiger partial charge is 0.508 e. The van der Waals surface area contributed by atoms with Gasteiger partial charge >= 0.3 is 6.09 Å². The van der Waals surface area contributed by atoms with Crippen molar-refractivity contribution in [1.82, 2.24) is 9.80 Å². The number of amides is 2. The van der Waals surface area contributed by atoms with Crippen LogP contribution in [-0.2, 0) is 6.54 Å². The summed E-state index contributed by atoms with van der Waals surface area (Å²) < 4.78 is 0. The summed E-state index contributed by atoms with van der Waals surface area (Å²) in [6, 6.07) is 4.89. The number of aromatic hydroxyl groups is 1. The first-order valence-electron chi connectivity index (χ1n) is 8.77. The Morgan fingerprint density at radius 1 is 1.32 bits per heavy atom. The smallest absolute Gasteiger partial charge is 0.407 e. The first kappa shape index (κ1) is 17.6. The number of rotatable bonds is 2. The highest BCUT2D eigenvalue weighted by atomic mass is 16.4. The number of carbonyl (C=O) groups is 2. The number of phenolic OH excluding ortho intramolecular Hbond substituents is 1. The molecule has 0 bridgehead atoms. The van der Waals surface area contributed by atoms with Crippen LogP contribution < -0.4 is 0 Å². The molecule has 1 aromatic rings. The van der Waals surface area contributed by atoms with Crippen LogP contribution >= 0.6 is 0 Å². The number of nitrogens with zero attached hydrogens (tertiary/aromatic N) is 2. The second-order valence-corrected chi connectivity index (χ2v) is 8.28. The average Bonchev–Trinajstić information content (AvgIpc) is 2.82. The summed E-state index contributed by atoms with van der Waals surface area (Å²) in [5.74, 6) is 0.349. The van der Waals surface area contributed by atoms with Crippen molar-refractivity contribution >= 4 is 12.0 Å². The average molecular weight is 346 g/mol. The molecule has 6 heteroatoms. The molecule has 2 unspecified atom stereocenters. The summed E-state index contributed by atoms with van der Waals surface area (Å²) in [7, 11) is 0. The van der Waals surface area contributed by atoms with E-state index in [1.54, 1.807) is 17.0 Å². The highest BCUT2D eigenvalue weighted by Crippen LogP contribution is 2.36. The van der Waals surface area contributed by atoms with Gasteiger partial charge in [-0.25, -0.2) is 4.79 Å². The van der Waals surface area contributed by atoms with Crippen molar-refractivity contribution in [2.75, 3.05) is 13.1 Å². The molecule has 136 valence electrons. The van der Waals surface area contributed by atoms with Crippen LogP contribution in [0.4, 0.5) is 4.79 Å². The van der Waals surface area contributed by atoms with Gasteiger partial charge in [-0.1, -0.05) is 26.8 Å². The van der Waals surface area contributed by atoms with Gasteiger partial charge in [-0.3, -0.25) is 4.79 Å². The molecule has 0 aromatic heterocycles. The lowest BCUT2D eigenvalue weighted by Crippen LogP contribution is -2.52. The van der Waals surface area contributed by atoms with Crippen molar-refractivity contribution in [3.8, 4) is 5.75 Å². The number of hydrogen-bond acceptors (Lipinski definition) is 3. The fourth-order valence-electron chi connectivity index (χ4n) is 4.06. The van der Waals surface area contributed by atoms with Crippen molar-refractivity contribution in [2.45, 2.75) is 46.2 Å². The quantitative estimate of drug-likeness (QED) is 0.862. The Morgan fingerprint density at radius 2 is 2.04 bits per heavy atom. The number of fused-ring (bicyclic) bond motifs is 1. The van der Waals surface area contributed by atoms with E-state index >= 15 is 0 Å². The molecule has 2 N–H and O–H groups in total. The molecular formula is C19H26N2O4. The molecule has 2 aliphatic rings. The minimum atomic E-state index is -0.862. The standard InChI is InChI=1S/C19H26N2O4/c1-19(2,3)16-8-12(6-7-21(16)18(24)25)10-20-11-13-4-5-14(22)9-15(13)17(20)23/h4-5,9,12,16,22H,6-8,10-11H2,1-3H3,(H,24,25). The van der Waals surface area contributed by atoms with Crippen molar-refractivity contribution in [2.24, 2.45) is 11.3 Å². The van der Waals surface area contributed by atoms with Gasteiger partial charge in [0.05, 0.1) is 0 Å². The zero-order valence-corrected chi connectivity index (χ0v) is 15.0. The summed E-state index contributed by atoms with van der Waals surface area (Å²) in [5, 5.41) is 19.1. The maximum atomic E-state index is 12.6. The Hall–Kier alpha value is -2.24. The van der Waals surface area contributed by atoms with E-state index in [1.807, 2.05) is 4.90 Å². The molecule has 2 heterocycles. The maximum Gasteiger partial charge on any atom is 0.407 e.